The number of nitrogens with zero attached hydrogens (tertiary/aromatic N) is 11. The van der Waals surface area contributed by atoms with Crippen molar-refractivity contribution in [1.82, 2.24) is 44.6 Å². The van der Waals surface area contributed by atoms with Gasteiger partial charge < -0.3 is 14.9 Å². The van der Waals surface area contributed by atoms with Crippen LogP contribution in [0.1, 0.15) is 111 Å². The Morgan fingerprint density at radius 3 is 1.41 bits per heavy atom. The molecular formula is C46H74IN11O6. The van der Waals surface area contributed by atoms with E-state index in [9.17, 15) is 24.3 Å². The molecular weight excluding hydrogens is 929 g/mol. The van der Waals surface area contributed by atoms with Gasteiger partial charge in [-0.15, -0.1) is 24.0 Å². The molecule has 2 aromatic heterocycles. The van der Waals surface area contributed by atoms with E-state index in [1.54, 1.807) is 29.9 Å². The lowest BCUT2D eigenvalue weighted by molar-refractivity contribution is -0.167. The Balaban J connectivity index is 0.000000211. The van der Waals surface area contributed by atoms with Gasteiger partial charge in [0.25, 0.3) is 5.91 Å². The minimum atomic E-state index is -1.00. The Morgan fingerprint density at radius 1 is 0.609 bits per heavy atom. The highest BCUT2D eigenvalue weighted by molar-refractivity contribution is 14.0. The van der Waals surface area contributed by atoms with Crippen molar-refractivity contribution in [3.05, 3.63) is 36.9 Å². The first-order valence-electron chi connectivity index (χ1n) is 23.3. The second-order valence-corrected chi connectivity index (χ2v) is 18.5. The van der Waals surface area contributed by atoms with Crippen LogP contribution >= 0.6 is 24.0 Å². The van der Waals surface area contributed by atoms with Gasteiger partial charge in [-0.3, -0.25) is 43.6 Å². The molecule has 1 N–H and O–H groups in total. The van der Waals surface area contributed by atoms with Gasteiger partial charge >= 0.3 is 0 Å². The zero-order valence-electron chi connectivity index (χ0n) is 37.5. The molecule has 5 aliphatic heterocycles. The molecule has 7 aliphatic rings. The van der Waals surface area contributed by atoms with E-state index in [4.69, 9.17) is 4.84 Å². The van der Waals surface area contributed by atoms with Crippen molar-refractivity contribution in [2.45, 2.75) is 123 Å². The number of halogens is 1. The summed E-state index contributed by atoms with van der Waals surface area (Å²) in [5.74, 6) is 1.25. The van der Waals surface area contributed by atoms with E-state index in [0.717, 1.165) is 142 Å². The van der Waals surface area contributed by atoms with Gasteiger partial charge in [0, 0.05) is 122 Å². The first kappa shape index (κ1) is 51.6. The Labute approximate surface area is 397 Å². The molecule has 17 nitrogen and oxygen atoms in total. The number of amides is 4. The number of piperidine rings is 2. The fourth-order valence-electron chi connectivity index (χ4n) is 10.2. The summed E-state index contributed by atoms with van der Waals surface area (Å²) in [6.07, 6.45) is 19.6. The van der Waals surface area contributed by atoms with Gasteiger partial charge in [-0.1, -0.05) is 33.1 Å². The summed E-state index contributed by atoms with van der Waals surface area (Å²) < 4.78 is 0. The molecule has 0 bridgehead atoms. The average Bonchev–Trinajstić information content (AvgIpc) is 3.58. The van der Waals surface area contributed by atoms with Gasteiger partial charge in [0.05, 0.1) is 0 Å². The summed E-state index contributed by atoms with van der Waals surface area (Å²) in [5.41, 5.74) is -0.473. The largest absolute Gasteiger partial charge is 0.383 e. The number of aromatic nitrogens is 4. The van der Waals surface area contributed by atoms with E-state index < -0.39 is 11.5 Å². The molecule has 356 valence electrons. The van der Waals surface area contributed by atoms with Gasteiger partial charge in [0.2, 0.25) is 29.6 Å². The molecule has 7 fully saturated rings. The summed E-state index contributed by atoms with van der Waals surface area (Å²) in [4.78, 5) is 84.3. The third-order valence-electron chi connectivity index (χ3n) is 14.2. The van der Waals surface area contributed by atoms with Crippen molar-refractivity contribution < 1.29 is 29.1 Å². The maximum atomic E-state index is 12.6. The van der Waals surface area contributed by atoms with Crippen LogP contribution in [0, 0.1) is 10.8 Å². The van der Waals surface area contributed by atoms with Crippen LogP contribution in [0.4, 0.5) is 11.9 Å². The number of hydroxylamine groups is 2. The SMILES string of the molecule is C.CC1ON1C.I.O=C1CC2(CCCC2)C(O)C(=O)N1CCCCN1CCN(c2ncccn2)CC1.O=C1CC2(CCCC2)CC(=O)N1CCCCN1CCN(c2ncccn2)CC1. The van der Waals surface area contributed by atoms with Crippen LogP contribution in [0.5, 0.6) is 0 Å². The number of piperazine rings is 2. The van der Waals surface area contributed by atoms with Crippen LogP contribution in [-0.4, -0.2) is 171 Å². The quantitative estimate of drug-likeness (QED) is 0.135. The van der Waals surface area contributed by atoms with Crippen LogP contribution in [0.25, 0.3) is 0 Å². The van der Waals surface area contributed by atoms with E-state index in [2.05, 4.69) is 39.5 Å². The molecule has 9 rings (SSSR count). The van der Waals surface area contributed by atoms with Crippen LogP contribution in [0.15, 0.2) is 36.9 Å². The van der Waals surface area contributed by atoms with E-state index in [1.165, 1.54) is 22.6 Å². The second-order valence-electron chi connectivity index (χ2n) is 18.5. The number of unbranched alkanes of at least 4 members (excludes halogenated alkanes) is 2. The molecule has 2 aliphatic carbocycles. The van der Waals surface area contributed by atoms with E-state index >= 15 is 0 Å². The molecule has 3 unspecified atom stereocenters. The van der Waals surface area contributed by atoms with Crippen molar-refractivity contribution in [2.75, 3.05) is 95.4 Å². The van der Waals surface area contributed by atoms with Crippen LogP contribution in [0.3, 0.4) is 0 Å². The lowest BCUT2D eigenvalue weighted by Crippen LogP contribution is -2.56. The Hall–Kier alpha value is -3.43. The molecule has 2 spiro atoms. The van der Waals surface area contributed by atoms with E-state index in [-0.39, 0.29) is 60.4 Å². The van der Waals surface area contributed by atoms with Gasteiger partial charge in [-0.2, -0.15) is 5.06 Å². The fourth-order valence-corrected chi connectivity index (χ4v) is 10.2. The third-order valence-corrected chi connectivity index (χ3v) is 14.2. The van der Waals surface area contributed by atoms with E-state index in [0.29, 0.717) is 38.6 Å². The highest BCUT2D eigenvalue weighted by Crippen LogP contribution is 2.48. The maximum absolute atomic E-state index is 12.6. The summed E-state index contributed by atoms with van der Waals surface area (Å²) in [5, 5.41) is 12.3. The fraction of sp³-hybridized carbons (Fsp3) is 0.739. The van der Waals surface area contributed by atoms with Gasteiger partial charge in [0.15, 0.2) is 6.23 Å². The van der Waals surface area contributed by atoms with Crippen LogP contribution < -0.4 is 9.80 Å². The first-order chi connectivity index (χ1) is 30.0. The number of rotatable bonds is 12. The average molecular weight is 1000 g/mol. The highest BCUT2D eigenvalue weighted by atomic mass is 127. The smallest absolute Gasteiger partial charge is 0.258 e. The zero-order chi connectivity index (χ0) is 43.5. The van der Waals surface area contributed by atoms with Crippen molar-refractivity contribution in [2.24, 2.45) is 10.8 Å². The normalized spacial score (nSPS) is 25.3. The number of carbonyl (C=O) groups excluding carboxylic acids is 4. The van der Waals surface area contributed by atoms with Crippen LogP contribution in [-0.2, 0) is 24.0 Å². The standard InChI is InChI=1S/C21H31N5O3.C21H31N5O2.C3H7NO.CH4.HI/c27-17-16-21(6-1-2-7-21)18(28)19(29)26(17)11-4-3-10-24-12-14-25(15-13-24)20-22-8-5-9-23-20;27-18-16-21(6-1-2-7-21)17-19(28)26(18)11-4-3-10-24-12-14-25(15-13-24)20-22-8-5-9-23-20;1-3-4(2)5-3;;/h5,8-9,18,28H,1-4,6-7,10-16H2;5,8-9H,1-4,6-7,10-17H2;3H,1-2H3;1H4;1H. The summed E-state index contributed by atoms with van der Waals surface area (Å²) >= 11 is 0. The lowest BCUT2D eigenvalue weighted by atomic mass is 9.74. The number of aliphatic hydroxyl groups excluding tert-OH is 1. The number of anilines is 2. The monoisotopic (exact) mass is 1000 g/mol. The molecule has 3 atom stereocenters. The maximum Gasteiger partial charge on any atom is 0.258 e. The molecule has 2 aromatic rings. The Bertz CT molecular complexity index is 1750. The van der Waals surface area contributed by atoms with Crippen molar-refractivity contribution in [3.63, 3.8) is 0 Å². The number of hydrogen-bond acceptors (Lipinski definition) is 15. The minimum Gasteiger partial charge on any atom is -0.383 e. The molecule has 0 aromatic carbocycles. The number of carbonyl (C=O) groups is 4. The molecule has 64 heavy (non-hydrogen) atoms. The van der Waals surface area contributed by atoms with Crippen LogP contribution in [0.2, 0.25) is 0 Å². The number of hydrogen-bond donors (Lipinski definition) is 1. The summed E-state index contributed by atoms with van der Waals surface area (Å²) in [6.45, 7) is 12.6. The van der Waals surface area contributed by atoms with Gasteiger partial charge in [0.1, 0.15) is 6.10 Å². The van der Waals surface area contributed by atoms with E-state index in [1.807, 2.05) is 26.1 Å². The predicted molar refractivity (Wildman–Crippen MR) is 255 cm³/mol. The molecule has 5 saturated heterocycles. The number of imide groups is 2. The highest BCUT2D eigenvalue weighted by Gasteiger charge is 2.52. The molecule has 4 amide bonds. The predicted octanol–water partition coefficient (Wildman–Crippen LogP) is 4.61. The molecule has 18 heteroatoms. The molecule has 7 heterocycles. The number of aliphatic hydroxyl groups is 1. The summed E-state index contributed by atoms with van der Waals surface area (Å²) in [6, 6.07) is 3.66. The first-order valence-corrected chi connectivity index (χ1v) is 23.3. The number of likely N-dealkylation sites (tertiary alicyclic amines) is 2. The second kappa shape index (κ2) is 24.4. The molecule has 2 saturated carbocycles. The van der Waals surface area contributed by atoms with Crippen molar-refractivity contribution in [1.29, 1.82) is 0 Å². The third kappa shape index (κ3) is 13.6. The molecule has 0 radical (unpaired) electrons. The summed E-state index contributed by atoms with van der Waals surface area (Å²) in [7, 11) is 1.91. The van der Waals surface area contributed by atoms with Crippen molar-refractivity contribution in [3.8, 4) is 0 Å². The lowest BCUT2D eigenvalue weighted by Gasteiger charge is -2.41. The minimum absolute atomic E-state index is 0. The topological polar surface area (TPSA) is 175 Å². The van der Waals surface area contributed by atoms with Gasteiger partial charge in [-0.05, 0) is 88.9 Å². The van der Waals surface area contributed by atoms with Crippen molar-refractivity contribution >= 4 is 59.5 Å². The van der Waals surface area contributed by atoms with Gasteiger partial charge in [-0.25, -0.2) is 19.9 Å². The Kier molecular flexibility index (Phi) is 19.6. The Morgan fingerprint density at radius 2 is 0.984 bits per heavy atom. The zero-order valence-corrected chi connectivity index (χ0v) is 39.9.